The standard InChI is InChI=1S/C22H19N5O2/c1-2-19(28)26-11-15(12-26)27-10-14-8-7-13(9-17(14)21(27)29)20-16-5-3-4-6-18(16)24-22(23)25-20/h2-9,15H,1,10-12H2,(H2,23,24,25). The van der Waals surface area contributed by atoms with E-state index >= 15 is 0 Å². The molecule has 0 aliphatic carbocycles. The summed E-state index contributed by atoms with van der Waals surface area (Å²) in [5.41, 5.74) is 9.88. The summed E-state index contributed by atoms with van der Waals surface area (Å²) in [7, 11) is 0. The van der Waals surface area contributed by atoms with Crippen LogP contribution in [-0.2, 0) is 11.3 Å². The van der Waals surface area contributed by atoms with E-state index in [4.69, 9.17) is 5.73 Å². The molecule has 0 bridgehead atoms. The van der Waals surface area contributed by atoms with Crippen molar-refractivity contribution in [3.05, 3.63) is 66.2 Å². The zero-order valence-electron chi connectivity index (χ0n) is 15.7. The van der Waals surface area contributed by atoms with Gasteiger partial charge in [-0.1, -0.05) is 36.9 Å². The summed E-state index contributed by atoms with van der Waals surface area (Å²) in [6, 6.07) is 13.5. The Kier molecular flexibility index (Phi) is 3.84. The fourth-order valence-electron chi connectivity index (χ4n) is 4.04. The average Bonchev–Trinajstić information content (AvgIpc) is 3.01. The van der Waals surface area contributed by atoms with Crippen molar-refractivity contribution in [1.29, 1.82) is 0 Å². The van der Waals surface area contributed by atoms with Crippen LogP contribution in [0.15, 0.2) is 55.1 Å². The van der Waals surface area contributed by atoms with E-state index < -0.39 is 0 Å². The Bertz CT molecular complexity index is 1180. The molecule has 2 aliphatic heterocycles. The fourth-order valence-corrected chi connectivity index (χ4v) is 4.04. The molecular weight excluding hydrogens is 366 g/mol. The number of para-hydroxylation sites is 1. The number of nitrogen functional groups attached to an aromatic ring is 1. The number of hydrogen-bond donors (Lipinski definition) is 1. The largest absolute Gasteiger partial charge is 0.368 e. The van der Waals surface area contributed by atoms with Crippen molar-refractivity contribution in [2.75, 3.05) is 18.8 Å². The maximum atomic E-state index is 13.0. The molecule has 2 aliphatic rings. The van der Waals surface area contributed by atoms with Crippen LogP contribution in [0.4, 0.5) is 5.95 Å². The van der Waals surface area contributed by atoms with Gasteiger partial charge in [-0.05, 0) is 23.8 Å². The molecule has 1 aromatic heterocycles. The van der Waals surface area contributed by atoms with E-state index in [-0.39, 0.29) is 23.8 Å². The van der Waals surface area contributed by atoms with E-state index in [0.717, 1.165) is 22.0 Å². The predicted molar refractivity (Wildman–Crippen MR) is 110 cm³/mol. The third-order valence-corrected chi connectivity index (χ3v) is 5.63. The van der Waals surface area contributed by atoms with Gasteiger partial charge in [0, 0.05) is 36.1 Å². The number of rotatable bonds is 3. The first-order chi connectivity index (χ1) is 14.0. The number of nitrogens with two attached hydrogens (primary N) is 1. The molecule has 7 nitrogen and oxygen atoms in total. The first kappa shape index (κ1) is 17.4. The number of fused-ring (bicyclic) bond motifs is 2. The van der Waals surface area contributed by atoms with Crippen LogP contribution < -0.4 is 5.73 Å². The zero-order chi connectivity index (χ0) is 20.1. The predicted octanol–water partition coefficient (Wildman–Crippen LogP) is 2.23. The van der Waals surface area contributed by atoms with E-state index in [9.17, 15) is 9.59 Å². The lowest BCUT2D eigenvalue weighted by Gasteiger charge is -2.43. The third-order valence-electron chi connectivity index (χ3n) is 5.63. The lowest BCUT2D eigenvalue weighted by Crippen LogP contribution is -2.60. The lowest BCUT2D eigenvalue weighted by atomic mass is 10.0. The summed E-state index contributed by atoms with van der Waals surface area (Å²) in [6.07, 6.45) is 1.31. The van der Waals surface area contributed by atoms with Crippen LogP contribution in [0.25, 0.3) is 22.2 Å². The number of anilines is 1. The summed E-state index contributed by atoms with van der Waals surface area (Å²) in [5.74, 6) is 0.0957. The second-order valence-electron chi connectivity index (χ2n) is 7.35. The van der Waals surface area contributed by atoms with E-state index in [1.807, 2.05) is 47.4 Å². The zero-order valence-corrected chi connectivity index (χ0v) is 15.7. The Morgan fingerprint density at radius 3 is 2.76 bits per heavy atom. The monoisotopic (exact) mass is 385 g/mol. The number of carbonyl (C=O) groups is 2. The summed E-state index contributed by atoms with van der Waals surface area (Å²) >= 11 is 0. The van der Waals surface area contributed by atoms with Gasteiger partial charge in [0.1, 0.15) is 0 Å². The van der Waals surface area contributed by atoms with Gasteiger partial charge in [0.2, 0.25) is 11.9 Å². The molecule has 3 aromatic rings. The van der Waals surface area contributed by atoms with Crippen molar-refractivity contribution in [1.82, 2.24) is 19.8 Å². The molecule has 2 N–H and O–H groups in total. The molecule has 1 fully saturated rings. The van der Waals surface area contributed by atoms with Crippen LogP contribution in [0.3, 0.4) is 0 Å². The molecule has 7 heteroatoms. The molecule has 1 saturated heterocycles. The van der Waals surface area contributed by atoms with E-state index in [0.29, 0.717) is 30.9 Å². The van der Waals surface area contributed by atoms with Gasteiger partial charge in [-0.3, -0.25) is 9.59 Å². The van der Waals surface area contributed by atoms with Crippen LogP contribution in [-0.4, -0.2) is 50.7 Å². The first-order valence-corrected chi connectivity index (χ1v) is 9.43. The van der Waals surface area contributed by atoms with Gasteiger partial charge in [0.25, 0.3) is 5.91 Å². The van der Waals surface area contributed by atoms with Crippen molar-refractivity contribution in [2.45, 2.75) is 12.6 Å². The normalized spacial score (nSPS) is 16.1. The van der Waals surface area contributed by atoms with Gasteiger partial charge in [-0.15, -0.1) is 0 Å². The van der Waals surface area contributed by atoms with Gasteiger partial charge in [0.05, 0.1) is 17.3 Å². The smallest absolute Gasteiger partial charge is 0.254 e. The van der Waals surface area contributed by atoms with Gasteiger partial charge in [0.15, 0.2) is 0 Å². The molecule has 2 amide bonds. The lowest BCUT2D eigenvalue weighted by molar-refractivity contribution is -0.132. The highest BCUT2D eigenvalue weighted by atomic mass is 16.2. The molecule has 5 rings (SSSR count). The molecule has 0 unspecified atom stereocenters. The fraction of sp³-hybridized carbons (Fsp3) is 0.182. The minimum Gasteiger partial charge on any atom is -0.368 e. The van der Waals surface area contributed by atoms with Gasteiger partial charge in [-0.25, -0.2) is 9.97 Å². The number of benzene rings is 2. The molecular formula is C22H19N5O2. The molecule has 29 heavy (non-hydrogen) atoms. The molecule has 0 saturated carbocycles. The molecule has 0 spiro atoms. The maximum absolute atomic E-state index is 13.0. The number of nitrogens with zero attached hydrogens (tertiary/aromatic N) is 4. The Hall–Kier alpha value is -3.74. The maximum Gasteiger partial charge on any atom is 0.254 e. The number of hydrogen-bond acceptors (Lipinski definition) is 5. The Balaban J connectivity index is 1.46. The quantitative estimate of drug-likeness (QED) is 0.698. The Morgan fingerprint density at radius 2 is 1.97 bits per heavy atom. The van der Waals surface area contributed by atoms with Crippen LogP contribution in [0, 0.1) is 0 Å². The number of carbonyl (C=O) groups excluding carboxylic acids is 2. The van der Waals surface area contributed by atoms with Crippen LogP contribution in [0.2, 0.25) is 0 Å². The second-order valence-corrected chi connectivity index (χ2v) is 7.35. The SMILES string of the molecule is C=CC(=O)N1CC(N2Cc3ccc(-c4nc(N)nc5ccccc45)cc3C2=O)C1. The minimum atomic E-state index is -0.0964. The van der Waals surface area contributed by atoms with Gasteiger partial charge >= 0.3 is 0 Å². The molecule has 144 valence electrons. The van der Waals surface area contributed by atoms with E-state index in [1.54, 1.807) is 4.90 Å². The average molecular weight is 385 g/mol. The molecule has 3 heterocycles. The highest BCUT2D eigenvalue weighted by molar-refractivity contribution is 6.01. The van der Waals surface area contributed by atoms with Crippen molar-refractivity contribution >= 4 is 28.7 Å². The summed E-state index contributed by atoms with van der Waals surface area (Å²) in [5, 5.41) is 0.890. The summed E-state index contributed by atoms with van der Waals surface area (Å²) < 4.78 is 0. The topological polar surface area (TPSA) is 92.4 Å². The van der Waals surface area contributed by atoms with Gasteiger partial charge in [-0.2, -0.15) is 0 Å². The Labute approximate surface area is 167 Å². The number of amides is 2. The highest BCUT2D eigenvalue weighted by Crippen LogP contribution is 2.33. The number of aromatic nitrogens is 2. The van der Waals surface area contributed by atoms with Crippen molar-refractivity contribution in [3.63, 3.8) is 0 Å². The number of likely N-dealkylation sites (tertiary alicyclic amines) is 1. The van der Waals surface area contributed by atoms with Crippen LogP contribution in [0.5, 0.6) is 0 Å². The van der Waals surface area contributed by atoms with Gasteiger partial charge < -0.3 is 15.5 Å². The van der Waals surface area contributed by atoms with Crippen LogP contribution in [0.1, 0.15) is 15.9 Å². The van der Waals surface area contributed by atoms with E-state index in [2.05, 4.69) is 16.5 Å². The van der Waals surface area contributed by atoms with Crippen molar-refractivity contribution in [2.24, 2.45) is 0 Å². The Morgan fingerprint density at radius 1 is 1.17 bits per heavy atom. The summed E-state index contributed by atoms with van der Waals surface area (Å²) in [4.78, 5) is 37.0. The van der Waals surface area contributed by atoms with Crippen molar-refractivity contribution in [3.8, 4) is 11.3 Å². The highest BCUT2D eigenvalue weighted by Gasteiger charge is 2.40. The minimum absolute atomic E-state index is 0.0103. The van der Waals surface area contributed by atoms with Crippen molar-refractivity contribution < 1.29 is 9.59 Å². The molecule has 0 radical (unpaired) electrons. The summed E-state index contributed by atoms with van der Waals surface area (Å²) in [6.45, 7) is 5.16. The van der Waals surface area contributed by atoms with Crippen LogP contribution >= 0.6 is 0 Å². The van der Waals surface area contributed by atoms with E-state index in [1.165, 1.54) is 6.08 Å². The second kappa shape index (κ2) is 6.41. The molecule has 0 atom stereocenters. The third kappa shape index (κ3) is 2.74. The first-order valence-electron chi connectivity index (χ1n) is 9.43. The molecule has 2 aromatic carbocycles.